The van der Waals surface area contributed by atoms with Gasteiger partial charge in [-0.2, -0.15) is 11.8 Å². The molecule has 0 aromatic heterocycles. The molecule has 0 bridgehead atoms. The molecule has 1 N–H and O–H groups in total. The van der Waals surface area contributed by atoms with E-state index in [-0.39, 0.29) is 0 Å². The van der Waals surface area contributed by atoms with Crippen LogP contribution in [0.1, 0.15) is 50.8 Å². The zero-order chi connectivity index (χ0) is 13.9. The van der Waals surface area contributed by atoms with E-state index in [1.165, 1.54) is 36.1 Å². The molecule has 1 fully saturated rings. The smallest absolute Gasteiger partial charge is 0.0464 e. The highest BCUT2D eigenvalue weighted by atomic mass is 32.2. The molecule has 2 unspecified atom stereocenters. The third-order valence-corrected chi connectivity index (χ3v) is 5.67. The van der Waals surface area contributed by atoms with E-state index in [1.807, 2.05) is 0 Å². The van der Waals surface area contributed by atoms with Crippen LogP contribution in [0.25, 0.3) is 0 Å². The molecule has 1 aliphatic rings. The Kier molecular flexibility index (Phi) is 4.97. The maximum absolute atomic E-state index is 3.56. The summed E-state index contributed by atoms with van der Waals surface area (Å²) in [6.45, 7) is 6.99. The van der Waals surface area contributed by atoms with Gasteiger partial charge in [-0.1, -0.05) is 38.1 Å². The number of hydrogen-bond acceptors (Lipinski definition) is 2. The summed E-state index contributed by atoms with van der Waals surface area (Å²) in [5.41, 5.74) is 2.93. The first-order valence-corrected chi connectivity index (χ1v) is 8.44. The summed E-state index contributed by atoms with van der Waals surface area (Å²) in [7, 11) is 2.10. The minimum atomic E-state index is 0.352. The second-order valence-electron chi connectivity index (χ2n) is 6.33. The summed E-state index contributed by atoms with van der Waals surface area (Å²) in [6.07, 6.45) is 3.84. The summed E-state index contributed by atoms with van der Waals surface area (Å²) in [5.74, 6) is 2.03. The molecule has 2 rings (SSSR count). The summed E-state index contributed by atoms with van der Waals surface area (Å²) >= 11 is 2.13. The van der Waals surface area contributed by atoms with Crippen LogP contribution < -0.4 is 5.32 Å². The molecule has 0 saturated carbocycles. The lowest BCUT2D eigenvalue weighted by Crippen LogP contribution is -2.35. The minimum absolute atomic E-state index is 0.352. The Morgan fingerprint density at radius 3 is 2.74 bits per heavy atom. The zero-order valence-corrected chi connectivity index (χ0v) is 13.5. The lowest BCUT2D eigenvalue weighted by Gasteiger charge is -2.33. The van der Waals surface area contributed by atoms with Gasteiger partial charge in [0.05, 0.1) is 0 Å². The van der Waals surface area contributed by atoms with Crippen molar-refractivity contribution in [3.05, 3.63) is 35.4 Å². The fourth-order valence-corrected chi connectivity index (χ4v) is 4.69. The summed E-state index contributed by atoms with van der Waals surface area (Å²) in [6, 6.07) is 9.65. The molecule has 2 atom stereocenters. The summed E-state index contributed by atoms with van der Waals surface area (Å²) < 4.78 is 0.352. The second kappa shape index (κ2) is 6.32. The highest BCUT2D eigenvalue weighted by molar-refractivity contribution is 8.00. The van der Waals surface area contributed by atoms with Crippen LogP contribution in [-0.2, 0) is 6.42 Å². The van der Waals surface area contributed by atoms with Crippen LogP contribution in [0, 0.1) is 5.92 Å². The highest BCUT2D eigenvalue weighted by Crippen LogP contribution is 2.46. The molecule has 1 heterocycles. The molecule has 1 nitrogen and oxygen atoms in total. The predicted octanol–water partition coefficient (Wildman–Crippen LogP) is 4.43. The topological polar surface area (TPSA) is 12.0 Å². The zero-order valence-electron chi connectivity index (χ0n) is 12.7. The van der Waals surface area contributed by atoms with Gasteiger partial charge in [-0.15, -0.1) is 0 Å². The first kappa shape index (κ1) is 14.9. The van der Waals surface area contributed by atoms with Crippen LogP contribution in [0.3, 0.4) is 0 Å². The minimum Gasteiger partial charge on any atom is -0.312 e. The molecule has 106 valence electrons. The van der Waals surface area contributed by atoms with E-state index in [1.54, 1.807) is 0 Å². The third-order valence-electron chi connectivity index (χ3n) is 4.08. The molecule has 1 aromatic carbocycles. The maximum Gasteiger partial charge on any atom is 0.0464 e. The molecule has 0 spiro atoms. The standard InChI is InChI=1S/C17H27NS/c1-13(2)11-14-7-5-8-15(12-14)16(18-4)17(3)9-6-10-19-17/h5,7-8,12-13,16,18H,6,9-11H2,1-4H3. The molecule has 2 heteroatoms. The van der Waals surface area contributed by atoms with Crippen LogP contribution in [0.5, 0.6) is 0 Å². The fraction of sp³-hybridized carbons (Fsp3) is 0.647. The van der Waals surface area contributed by atoms with Crippen molar-refractivity contribution in [1.82, 2.24) is 5.32 Å². The van der Waals surface area contributed by atoms with Crippen molar-refractivity contribution in [3.8, 4) is 0 Å². The number of thioether (sulfide) groups is 1. The van der Waals surface area contributed by atoms with Crippen molar-refractivity contribution in [2.24, 2.45) is 5.92 Å². The molecular formula is C17H27NS. The van der Waals surface area contributed by atoms with Crippen LogP contribution in [0.4, 0.5) is 0 Å². The van der Waals surface area contributed by atoms with Gasteiger partial charge in [0.2, 0.25) is 0 Å². The Balaban J connectivity index is 2.23. The molecule has 1 saturated heterocycles. The number of nitrogens with one attached hydrogen (secondary N) is 1. The van der Waals surface area contributed by atoms with Crippen LogP contribution >= 0.6 is 11.8 Å². The van der Waals surface area contributed by atoms with Gasteiger partial charge in [-0.05, 0) is 56.0 Å². The largest absolute Gasteiger partial charge is 0.312 e. The van der Waals surface area contributed by atoms with E-state index >= 15 is 0 Å². The van der Waals surface area contributed by atoms with Gasteiger partial charge < -0.3 is 5.32 Å². The van der Waals surface area contributed by atoms with Gasteiger partial charge in [0.25, 0.3) is 0 Å². The van der Waals surface area contributed by atoms with Crippen molar-refractivity contribution in [2.75, 3.05) is 12.8 Å². The Hall–Kier alpha value is -0.470. The predicted molar refractivity (Wildman–Crippen MR) is 86.9 cm³/mol. The Labute approximate surface area is 122 Å². The first-order valence-electron chi connectivity index (χ1n) is 7.45. The van der Waals surface area contributed by atoms with Crippen molar-refractivity contribution >= 4 is 11.8 Å². The van der Waals surface area contributed by atoms with E-state index in [0.717, 1.165) is 5.92 Å². The highest BCUT2D eigenvalue weighted by Gasteiger charge is 2.37. The van der Waals surface area contributed by atoms with Crippen molar-refractivity contribution < 1.29 is 0 Å². The number of hydrogen-bond donors (Lipinski definition) is 1. The third kappa shape index (κ3) is 3.55. The van der Waals surface area contributed by atoms with E-state index in [4.69, 9.17) is 0 Å². The average molecular weight is 277 g/mol. The summed E-state index contributed by atoms with van der Waals surface area (Å²) in [4.78, 5) is 0. The average Bonchev–Trinajstić information content (AvgIpc) is 2.77. The normalized spacial score (nSPS) is 24.9. The Morgan fingerprint density at radius 1 is 1.37 bits per heavy atom. The number of rotatable bonds is 5. The van der Waals surface area contributed by atoms with Gasteiger partial charge in [-0.3, -0.25) is 0 Å². The van der Waals surface area contributed by atoms with Crippen molar-refractivity contribution in [2.45, 2.75) is 50.8 Å². The van der Waals surface area contributed by atoms with Crippen LogP contribution in [0.15, 0.2) is 24.3 Å². The van der Waals surface area contributed by atoms with Crippen molar-refractivity contribution in [3.63, 3.8) is 0 Å². The van der Waals surface area contributed by atoms with Crippen LogP contribution in [-0.4, -0.2) is 17.5 Å². The fourth-order valence-electron chi connectivity index (χ4n) is 3.22. The lowest BCUT2D eigenvalue weighted by atomic mass is 9.89. The molecule has 0 radical (unpaired) electrons. The van der Waals surface area contributed by atoms with Crippen molar-refractivity contribution in [1.29, 1.82) is 0 Å². The van der Waals surface area contributed by atoms with E-state index in [9.17, 15) is 0 Å². The van der Waals surface area contributed by atoms with Gasteiger partial charge in [0, 0.05) is 10.8 Å². The van der Waals surface area contributed by atoms with Gasteiger partial charge >= 0.3 is 0 Å². The monoisotopic (exact) mass is 277 g/mol. The molecular weight excluding hydrogens is 250 g/mol. The summed E-state index contributed by atoms with van der Waals surface area (Å²) in [5, 5.41) is 3.56. The Morgan fingerprint density at radius 2 is 2.16 bits per heavy atom. The van der Waals surface area contributed by atoms with Gasteiger partial charge in [0.1, 0.15) is 0 Å². The van der Waals surface area contributed by atoms with E-state index in [2.05, 4.69) is 69.2 Å². The number of benzene rings is 1. The molecule has 1 aliphatic heterocycles. The van der Waals surface area contributed by atoms with E-state index < -0.39 is 0 Å². The SMILES string of the molecule is CNC(c1cccc(CC(C)C)c1)C1(C)CCCS1. The molecule has 1 aromatic rings. The quantitative estimate of drug-likeness (QED) is 0.854. The van der Waals surface area contributed by atoms with Crippen LogP contribution in [0.2, 0.25) is 0 Å². The van der Waals surface area contributed by atoms with Gasteiger partial charge in [0.15, 0.2) is 0 Å². The van der Waals surface area contributed by atoms with E-state index in [0.29, 0.717) is 10.8 Å². The first-order chi connectivity index (χ1) is 9.05. The lowest BCUT2D eigenvalue weighted by molar-refractivity contribution is 0.440. The molecule has 0 amide bonds. The molecule has 19 heavy (non-hydrogen) atoms. The van der Waals surface area contributed by atoms with Gasteiger partial charge in [-0.25, -0.2) is 0 Å². The second-order valence-corrected chi connectivity index (χ2v) is 7.96. The maximum atomic E-state index is 3.56. The molecule has 0 aliphatic carbocycles. The Bertz CT molecular complexity index is 407.